The fourth-order valence-corrected chi connectivity index (χ4v) is 14.9. The molecule has 1 saturated heterocycles. The molecule has 1 heterocycles. The number of amides is 1. The van der Waals surface area contributed by atoms with E-state index in [4.69, 9.17) is 21.1 Å². The third-order valence-electron chi connectivity index (χ3n) is 17.7. The van der Waals surface area contributed by atoms with Gasteiger partial charge in [-0.3, -0.25) is 19.2 Å². The van der Waals surface area contributed by atoms with Gasteiger partial charge in [0, 0.05) is 34.7 Å². The molecule has 55 heavy (non-hydrogen) atoms. The van der Waals surface area contributed by atoms with Crippen LogP contribution in [0, 0.1) is 62.1 Å². The molecule has 10 unspecified atom stereocenters. The lowest BCUT2D eigenvalue weighted by Gasteiger charge is -2.71. The van der Waals surface area contributed by atoms with Crippen molar-refractivity contribution in [2.24, 2.45) is 62.1 Å². The third kappa shape index (κ3) is 5.23. The Bertz CT molecular complexity index is 1870. The van der Waals surface area contributed by atoms with Crippen molar-refractivity contribution in [2.45, 2.75) is 138 Å². The van der Waals surface area contributed by atoms with E-state index in [1.54, 1.807) is 13.8 Å². The number of ether oxygens (including phenoxy) is 2. The summed E-state index contributed by atoms with van der Waals surface area (Å²) in [5.41, 5.74) is 1.08. The molecule has 6 aliphatic carbocycles. The van der Waals surface area contributed by atoms with Crippen LogP contribution in [0.3, 0.4) is 0 Å². The van der Waals surface area contributed by atoms with Crippen LogP contribution in [0.15, 0.2) is 35.4 Å². The first-order valence-electron chi connectivity index (χ1n) is 21.0. The van der Waals surface area contributed by atoms with Crippen molar-refractivity contribution in [3.05, 3.63) is 46.0 Å². The summed E-state index contributed by atoms with van der Waals surface area (Å²) in [6.07, 6.45) is 7.03. The highest BCUT2D eigenvalue weighted by molar-refractivity contribution is 6.30. The highest BCUT2D eigenvalue weighted by Crippen LogP contribution is 2.86. The average Bonchev–Trinajstić information content (AvgIpc) is 3.42. The molecule has 1 amide bonds. The molecule has 8 rings (SSSR count). The number of carbonyl (C=O) groups excluding carboxylic acids is 3. The second kappa shape index (κ2) is 12.4. The molecule has 1 aliphatic heterocycles. The lowest BCUT2D eigenvalue weighted by molar-refractivity contribution is -0.232. The topological polar surface area (TPSA) is 110 Å². The molecule has 1 N–H and O–H groups in total. The second-order valence-corrected chi connectivity index (χ2v) is 21.6. The van der Waals surface area contributed by atoms with Gasteiger partial charge in [-0.05, 0) is 128 Å². The van der Waals surface area contributed by atoms with Crippen molar-refractivity contribution in [1.82, 2.24) is 4.90 Å². The molecule has 5 saturated carbocycles. The molecule has 1 aromatic rings. The molecular formula is C46H62ClNO7. The summed E-state index contributed by atoms with van der Waals surface area (Å²) in [4.78, 5) is 54.8. The van der Waals surface area contributed by atoms with Crippen LogP contribution in [0.2, 0.25) is 5.02 Å². The van der Waals surface area contributed by atoms with Crippen LogP contribution in [0.5, 0.6) is 0 Å². The van der Waals surface area contributed by atoms with Crippen LogP contribution in [0.1, 0.15) is 126 Å². The lowest BCUT2D eigenvalue weighted by Crippen LogP contribution is -2.65. The van der Waals surface area contributed by atoms with Crippen molar-refractivity contribution in [3.63, 3.8) is 0 Å². The van der Waals surface area contributed by atoms with Crippen LogP contribution in [-0.4, -0.2) is 58.5 Å². The Kier molecular flexibility index (Phi) is 8.82. The van der Waals surface area contributed by atoms with Crippen LogP contribution in [0.25, 0.3) is 0 Å². The summed E-state index contributed by atoms with van der Waals surface area (Å²) in [5, 5.41) is 10.3. The summed E-state index contributed by atoms with van der Waals surface area (Å²) in [7, 11) is 0. The first kappa shape index (κ1) is 39.1. The molecular weight excluding hydrogens is 714 g/mol. The van der Waals surface area contributed by atoms with E-state index in [0.717, 1.165) is 56.1 Å². The van der Waals surface area contributed by atoms with E-state index in [1.165, 1.54) is 5.57 Å². The summed E-state index contributed by atoms with van der Waals surface area (Å²) in [6.45, 7) is 20.8. The fraction of sp³-hybridized carbons (Fsp3) is 0.739. The molecule has 10 atom stereocenters. The fourth-order valence-electron chi connectivity index (χ4n) is 14.8. The molecule has 300 valence electrons. The standard InChI is InChI=1S/C46H62ClNO7/c1-26(2)37-30(49)20-45-33(46(45)25-48(35(50)24-54-46)23-27-10-12-28(47)13-11-27)21-44(9)29(38(37)45)14-15-32-42(7)18-17-34(55-36(51)22-40(3,4)39(52)53)41(5,6)31(42)16-19-43(32,44)8/h10-13,26,29,31-34H,14-25H2,1-9H3,(H,52,53). The molecule has 6 fully saturated rings. The van der Waals surface area contributed by atoms with Crippen LogP contribution in [-0.2, 0) is 35.2 Å². The Morgan fingerprint density at radius 3 is 2.31 bits per heavy atom. The number of rotatable bonds is 7. The number of carboxylic acids is 1. The summed E-state index contributed by atoms with van der Waals surface area (Å²) in [5.74, 6) is 0.231. The number of hydrogen-bond acceptors (Lipinski definition) is 6. The monoisotopic (exact) mass is 775 g/mol. The average molecular weight is 776 g/mol. The van der Waals surface area contributed by atoms with Gasteiger partial charge < -0.3 is 19.5 Å². The SMILES string of the molecule is CC(C)C1=C2C3CCC4C5(C)CCC(OC(=O)CC(C)(C)C(=O)O)C(C)(C)C5CCC4(C)C3(C)CC3C4(CN(Cc5ccc(Cl)cc5)C(=O)CO4)C23CC1=O. The van der Waals surface area contributed by atoms with Crippen molar-refractivity contribution >= 4 is 35.2 Å². The molecule has 2 spiro atoms. The Balaban J connectivity index is 1.12. The summed E-state index contributed by atoms with van der Waals surface area (Å²) < 4.78 is 13.1. The van der Waals surface area contributed by atoms with E-state index in [-0.39, 0.29) is 75.7 Å². The number of esters is 1. The molecule has 7 aliphatic rings. The van der Waals surface area contributed by atoms with Gasteiger partial charge in [0.05, 0.1) is 18.4 Å². The second-order valence-electron chi connectivity index (χ2n) is 21.2. The minimum Gasteiger partial charge on any atom is -0.481 e. The van der Waals surface area contributed by atoms with E-state index in [2.05, 4.69) is 48.5 Å². The van der Waals surface area contributed by atoms with E-state index < -0.39 is 23.0 Å². The number of Topliss-reactive ketones (excluding diaryl/α,β-unsaturated/α-hetero) is 1. The predicted octanol–water partition coefficient (Wildman–Crippen LogP) is 9.07. The highest BCUT2D eigenvalue weighted by Gasteiger charge is 2.87. The number of fused-ring (bicyclic) bond motifs is 7. The van der Waals surface area contributed by atoms with Gasteiger partial charge in [0.25, 0.3) is 0 Å². The normalized spacial score (nSPS) is 41.7. The molecule has 8 nitrogen and oxygen atoms in total. The maximum Gasteiger partial charge on any atom is 0.309 e. The van der Waals surface area contributed by atoms with Crippen molar-refractivity contribution in [1.29, 1.82) is 0 Å². The predicted molar refractivity (Wildman–Crippen MR) is 210 cm³/mol. The third-order valence-corrected chi connectivity index (χ3v) is 17.9. The van der Waals surface area contributed by atoms with Crippen LogP contribution < -0.4 is 0 Å². The van der Waals surface area contributed by atoms with Gasteiger partial charge in [0.1, 0.15) is 18.3 Å². The van der Waals surface area contributed by atoms with Gasteiger partial charge in [0.15, 0.2) is 5.78 Å². The van der Waals surface area contributed by atoms with Crippen molar-refractivity contribution in [3.8, 4) is 0 Å². The van der Waals surface area contributed by atoms with Crippen molar-refractivity contribution < 1.29 is 33.8 Å². The van der Waals surface area contributed by atoms with Crippen molar-refractivity contribution in [2.75, 3.05) is 13.2 Å². The molecule has 0 aromatic heterocycles. The first-order valence-corrected chi connectivity index (χ1v) is 21.3. The van der Waals surface area contributed by atoms with Gasteiger partial charge in [-0.1, -0.05) is 72.2 Å². The number of benzene rings is 1. The van der Waals surface area contributed by atoms with E-state index in [9.17, 15) is 24.3 Å². The maximum absolute atomic E-state index is 14.3. The van der Waals surface area contributed by atoms with Crippen LogP contribution >= 0.6 is 11.6 Å². The summed E-state index contributed by atoms with van der Waals surface area (Å²) >= 11 is 6.21. The number of hydrogen-bond donors (Lipinski definition) is 1. The van der Waals surface area contributed by atoms with Gasteiger partial charge >= 0.3 is 11.9 Å². The largest absolute Gasteiger partial charge is 0.481 e. The maximum atomic E-state index is 14.3. The van der Waals surface area contributed by atoms with Gasteiger partial charge in [0.2, 0.25) is 5.91 Å². The number of carbonyl (C=O) groups is 4. The van der Waals surface area contributed by atoms with Gasteiger partial charge in [-0.25, -0.2) is 0 Å². The zero-order chi connectivity index (χ0) is 39.9. The molecule has 1 aromatic carbocycles. The first-order chi connectivity index (χ1) is 25.6. The number of morpholine rings is 1. The zero-order valence-corrected chi connectivity index (χ0v) is 35.2. The molecule has 0 radical (unpaired) electrons. The summed E-state index contributed by atoms with van der Waals surface area (Å²) in [6, 6.07) is 7.73. The quantitative estimate of drug-likeness (QED) is 0.275. The van der Waals surface area contributed by atoms with E-state index in [1.807, 2.05) is 29.2 Å². The highest BCUT2D eigenvalue weighted by atomic mass is 35.5. The van der Waals surface area contributed by atoms with Gasteiger partial charge in [-0.2, -0.15) is 0 Å². The lowest BCUT2D eigenvalue weighted by atomic mass is 9.33. The van der Waals surface area contributed by atoms with Gasteiger partial charge in [-0.15, -0.1) is 0 Å². The Morgan fingerprint density at radius 2 is 1.65 bits per heavy atom. The van der Waals surface area contributed by atoms with E-state index >= 15 is 0 Å². The number of carboxylic acid groups (broad SMARTS) is 1. The minimum absolute atomic E-state index is 0.00375. The Hall–Kier alpha value is -2.71. The number of halogens is 1. The Morgan fingerprint density at radius 1 is 0.964 bits per heavy atom. The molecule has 9 heteroatoms. The zero-order valence-electron chi connectivity index (χ0n) is 34.5. The Labute approximate surface area is 332 Å². The smallest absolute Gasteiger partial charge is 0.309 e. The minimum atomic E-state index is -1.18. The van der Waals surface area contributed by atoms with Crippen LogP contribution in [0.4, 0.5) is 0 Å². The number of aliphatic carboxylic acids is 1. The number of ketones is 1. The number of nitrogens with zero attached hydrogens (tertiary/aromatic N) is 1. The molecule has 0 bridgehead atoms. The van der Waals surface area contributed by atoms with E-state index in [0.29, 0.717) is 36.4 Å². The number of allylic oxidation sites excluding steroid dienone is 1.